The number of carbonyl (C=O) groups is 1. The topological polar surface area (TPSA) is 38.8 Å². The molecule has 0 aliphatic rings. The van der Waals surface area contributed by atoms with Crippen LogP contribution in [0.1, 0.15) is 25.8 Å². The van der Waals surface area contributed by atoms with Crippen molar-refractivity contribution >= 4 is 5.97 Å². The summed E-state index contributed by atoms with van der Waals surface area (Å²) >= 11 is 0. The molecule has 4 heteroatoms. The minimum absolute atomic E-state index is 0.0194. The number of ether oxygens (including phenoxy) is 2. The van der Waals surface area contributed by atoms with Gasteiger partial charge in [0, 0.05) is 19.4 Å². The first-order valence-electron chi connectivity index (χ1n) is 9.05. The van der Waals surface area contributed by atoms with Crippen LogP contribution in [0.2, 0.25) is 0 Å². The zero-order valence-electron chi connectivity index (χ0n) is 16.1. The molecule has 0 fully saturated rings. The molecule has 0 spiro atoms. The van der Waals surface area contributed by atoms with E-state index in [1.54, 1.807) is 0 Å². The molecule has 2 rings (SSSR count). The van der Waals surface area contributed by atoms with Gasteiger partial charge >= 0.3 is 5.97 Å². The molecular weight excluding hydrogens is 326 g/mol. The van der Waals surface area contributed by atoms with E-state index < -0.39 is 5.60 Å². The van der Waals surface area contributed by atoms with Crippen LogP contribution in [0, 0.1) is 5.92 Å². The van der Waals surface area contributed by atoms with Gasteiger partial charge in [-0.1, -0.05) is 55.5 Å². The molecule has 0 saturated heterocycles. The predicted molar refractivity (Wildman–Crippen MR) is 104 cm³/mol. The Morgan fingerprint density at radius 2 is 1.62 bits per heavy atom. The highest BCUT2D eigenvalue weighted by molar-refractivity contribution is 5.67. The molecular formula is C22H29NO3. The number of esters is 1. The molecule has 0 aliphatic heterocycles. The van der Waals surface area contributed by atoms with Crippen molar-refractivity contribution in [1.29, 1.82) is 0 Å². The Kier molecular flexibility index (Phi) is 7.22. The number of para-hydroxylation sites is 1. The first-order chi connectivity index (χ1) is 12.5. The Bertz CT molecular complexity index is 672. The Balaban J connectivity index is 2.38. The summed E-state index contributed by atoms with van der Waals surface area (Å²) in [7, 11) is 4.05. The van der Waals surface area contributed by atoms with Gasteiger partial charge in [0.15, 0.2) is 0 Å². The summed E-state index contributed by atoms with van der Waals surface area (Å²) < 4.78 is 12.0. The maximum Gasteiger partial charge on any atom is 0.303 e. The summed E-state index contributed by atoms with van der Waals surface area (Å²) in [5.41, 5.74) is 0.271. The van der Waals surface area contributed by atoms with Gasteiger partial charge in [-0.3, -0.25) is 4.79 Å². The maximum atomic E-state index is 12.0. The van der Waals surface area contributed by atoms with Crippen molar-refractivity contribution in [2.45, 2.75) is 25.9 Å². The fourth-order valence-electron chi connectivity index (χ4n) is 3.41. The Morgan fingerprint density at radius 3 is 2.12 bits per heavy atom. The van der Waals surface area contributed by atoms with Crippen molar-refractivity contribution < 1.29 is 14.3 Å². The first kappa shape index (κ1) is 20.0. The molecule has 2 unspecified atom stereocenters. The van der Waals surface area contributed by atoms with E-state index in [2.05, 4.69) is 11.8 Å². The van der Waals surface area contributed by atoms with Crippen LogP contribution in [0.15, 0.2) is 60.7 Å². The lowest BCUT2D eigenvalue weighted by Gasteiger charge is -2.41. The standard InChI is InChI=1S/C22H29NO3/c1-5-22(26-18(2)24,19-12-8-6-9-13-19)20(16-23(3)4)17-25-21-14-10-7-11-15-21/h6-15,20H,5,16-17H2,1-4H3. The smallest absolute Gasteiger partial charge is 0.303 e. The quantitative estimate of drug-likeness (QED) is 0.635. The number of benzene rings is 2. The average Bonchev–Trinajstić information content (AvgIpc) is 2.64. The van der Waals surface area contributed by atoms with Crippen molar-refractivity contribution in [2.75, 3.05) is 27.2 Å². The van der Waals surface area contributed by atoms with Crippen LogP contribution >= 0.6 is 0 Å². The van der Waals surface area contributed by atoms with Gasteiger partial charge in [0.1, 0.15) is 11.4 Å². The fourth-order valence-corrected chi connectivity index (χ4v) is 3.41. The third kappa shape index (κ3) is 5.09. The lowest BCUT2D eigenvalue weighted by molar-refractivity contribution is -0.169. The van der Waals surface area contributed by atoms with Crippen LogP contribution < -0.4 is 4.74 Å². The minimum Gasteiger partial charge on any atom is -0.493 e. The van der Waals surface area contributed by atoms with Crippen molar-refractivity contribution in [3.63, 3.8) is 0 Å². The average molecular weight is 355 g/mol. The molecule has 0 saturated carbocycles. The molecule has 0 bridgehead atoms. The monoisotopic (exact) mass is 355 g/mol. The third-order valence-electron chi connectivity index (χ3n) is 4.55. The van der Waals surface area contributed by atoms with Gasteiger partial charge in [0.25, 0.3) is 0 Å². The highest BCUT2D eigenvalue weighted by Gasteiger charge is 2.43. The van der Waals surface area contributed by atoms with Gasteiger partial charge < -0.3 is 14.4 Å². The van der Waals surface area contributed by atoms with Gasteiger partial charge in [0.2, 0.25) is 0 Å². The number of nitrogens with zero attached hydrogens (tertiary/aromatic N) is 1. The third-order valence-corrected chi connectivity index (χ3v) is 4.55. The van der Waals surface area contributed by atoms with Gasteiger partial charge in [-0.25, -0.2) is 0 Å². The second kappa shape index (κ2) is 9.39. The van der Waals surface area contributed by atoms with Crippen molar-refractivity contribution in [3.8, 4) is 5.75 Å². The number of carbonyl (C=O) groups excluding carboxylic acids is 1. The molecule has 140 valence electrons. The SMILES string of the molecule is CCC(OC(C)=O)(c1ccccc1)C(COc1ccccc1)CN(C)C. The van der Waals surface area contributed by atoms with E-state index >= 15 is 0 Å². The van der Waals surface area contributed by atoms with Gasteiger partial charge in [0.05, 0.1) is 6.61 Å². The lowest BCUT2D eigenvalue weighted by Crippen LogP contribution is -2.46. The van der Waals surface area contributed by atoms with E-state index in [0.717, 1.165) is 17.9 Å². The molecule has 26 heavy (non-hydrogen) atoms. The number of rotatable bonds is 9. The van der Waals surface area contributed by atoms with Crippen molar-refractivity contribution in [2.24, 2.45) is 5.92 Å². The predicted octanol–water partition coefficient (Wildman–Crippen LogP) is 4.11. The Morgan fingerprint density at radius 1 is 1.04 bits per heavy atom. The van der Waals surface area contributed by atoms with Crippen LogP contribution in [0.3, 0.4) is 0 Å². The summed E-state index contributed by atoms with van der Waals surface area (Å²) in [4.78, 5) is 14.1. The second-order valence-corrected chi connectivity index (χ2v) is 6.79. The molecule has 2 aromatic carbocycles. The molecule has 0 amide bonds. The summed E-state index contributed by atoms with van der Waals surface area (Å²) in [6.07, 6.45) is 0.674. The van der Waals surface area contributed by atoms with Crippen LogP contribution in [0.25, 0.3) is 0 Å². The second-order valence-electron chi connectivity index (χ2n) is 6.79. The van der Waals surface area contributed by atoms with Gasteiger partial charge in [-0.05, 0) is 38.2 Å². The molecule has 0 N–H and O–H groups in total. The van der Waals surface area contributed by atoms with Crippen molar-refractivity contribution in [3.05, 3.63) is 66.2 Å². The minimum atomic E-state index is -0.730. The van der Waals surface area contributed by atoms with E-state index in [9.17, 15) is 4.79 Å². The summed E-state index contributed by atoms with van der Waals surface area (Å²) in [5.74, 6) is 0.519. The van der Waals surface area contributed by atoms with E-state index in [0.29, 0.717) is 13.0 Å². The molecule has 0 aliphatic carbocycles. The summed E-state index contributed by atoms with van der Waals surface area (Å²) in [6, 6.07) is 19.7. The molecule has 4 nitrogen and oxygen atoms in total. The molecule has 2 aromatic rings. The molecule has 2 atom stereocenters. The summed E-state index contributed by atoms with van der Waals surface area (Å²) in [5, 5.41) is 0. The van der Waals surface area contributed by atoms with Crippen LogP contribution in [0.5, 0.6) is 5.75 Å². The fraction of sp³-hybridized carbons (Fsp3) is 0.409. The zero-order chi connectivity index (χ0) is 19.0. The summed E-state index contributed by atoms with van der Waals surface area (Å²) in [6.45, 7) is 4.72. The first-order valence-corrected chi connectivity index (χ1v) is 9.05. The van der Waals surface area contributed by atoms with Crippen molar-refractivity contribution in [1.82, 2.24) is 4.90 Å². The normalized spacial score (nSPS) is 14.5. The van der Waals surface area contributed by atoms with E-state index in [-0.39, 0.29) is 11.9 Å². The van der Waals surface area contributed by atoms with Gasteiger partial charge in [-0.2, -0.15) is 0 Å². The number of hydrogen-bond acceptors (Lipinski definition) is 4. The van der Waals surface area contributed by atoms with E-state index in [1.165, 1.54) is 6.92 Å². The van der Waals surface area contributed by atoms with E-state index in [4.69, 9.17) is 9.47 Å². The van der Waals surface area contributed by atoms with Crippen LogP contribution in [-0.4, -0.2) is 38.1 Å². The van der Waals surface area contributed by atoms with Crippen LogP contribution in [-0.2, 0) is 15.1 Å². The van der Waals surface area contributed by atoms with E-state index in [1.807, 2.05) is 74.8 Å². The lowest BCUT2D eigenvalue weighted by atomic mass is 9.78. The molecule has 0 radical (unpaired) electrons. The van der Waals surface area contributed by atoms with Gasteiger partial charge in [-0.15, -0.1) is 0 Å². The zero-order valence-corrected chi connectivity index (χ0v) is 16.1. The Labute approximate surface area is 156 Å². The van der Waals surface area contributed by atoms with Crippen LogP contribution in [0.4, 0.5) is 0 Å². The maximum absolute atomic E-state index is 12.0. The highest BCUT2D eigenvalue weighted by atomic mass is 16.6. The molecule has 0 heterocycles. The highest BCUT2D eigenvalue weighted by Crippen LogP contribution is 2.38. The largest absolute Gasteiger partial charge is 0.493 e. The number of hydrogen-bond donors (Lipinski definition) is 0. The molecule has 0 aromatic heterocycles. The Hall–Kier alpha value is -2.33.